The van der Waals surface area contributed by atoms with Gasteiger partial charge in [0.15, 0.2) is 11.5 Å². The van der Waals surface area contributed by atoms with Crippen LogP contribution in [0.25, 0.3) is 11.1 Å². The number of phenols is 1. The van der Waals surface area contributed by atoms with Crippen LogP contribution in [0.5, 0.6) is 34.5 Å². The SMILES string of the molecule is CNCC1(C(=O)O)OC(Oc2cc3c(c(-c4cccc(O)c4)c2)C2Oc4c(ccc(OCNCC(C)O)c4OC)C2CO3)C(O)C(O)C1O. The van der Waals surface area contributed by atoms with E-state index in [1.54, 1.807) is 37.3 Å². The Morgan fingerprint density at radius 2 is 1.92 bits per heavy atom. The number of hydrogen-bond donors (Lipinski definition) is 8. The molecular formula is C34H40N2O13. The third-order valence-electron chi connectivity index (χ3n) is 8.88. The van der Waals surface area contributed by atoms with E-state index in [0.717, 1.165) is 5.56 Å². The van der Waals surface area contributed by atoms with Crippen LogP contribution < -0.4 is 34.3 Å². The second-order valence-electron chi connectivity index (χ2n) is 12.3. The second kappa shape index (κ2) is 13.9. The number of hydrogen-bond acceptors (Lipinski definition) is 14. The van der Waals surface area contributed by atoms with Crippen molar-refractivity contribution in [3.8, 4) is 45.6 Å². The van der Waals surface area contributed by atoms with Gasteiger partial charge in [-0.1, -0.05) is 18.2 Å². The summed E-state index contributed by atoms with van der Waals surface area (Å²) in [5.41, 5.74) is 0.238. The van der Waals surface area contributed by atoms with Crippen LogP contribution in [0.2, 0.25) is 0 Å². The van der Waals surface area contributed by atoms with Crippen LogP contribution in [0, 0.1) is 0 Å². The van der Waals surface area contributed by atoms with Crippen molar-refractivity contribution in [1.82, 2.24) is 10.6 Å². The minimum Gasteiger partial charge on any atom is -0.508 e. The van der Waals surface area contributed by atoms with Gasteiger partial charge in [-0.15, -0.1) is 0 Å². The summed E-state index contributed by atoms with van der Waals surface area (Å²) >= 11 is 0. The average Bonchev–Trinajstić information content (AvgIpc) is 3.46. The molecule has 0 amide bonds. The van der Waals surface area contributed by atoms with Crippen LogP contribution in [-0.4, -0.2) is 114 Å². The molecule has 3 aromatic carbocycles. The van der Waals surface area contributed by atoms with Gasteiger partial charge in [-0.3, -0.25) is 5.32 Å². The van der Waals surface area contributed by atoms with Gasteiger partial charge in [0.1, 0.15) is 48.4 Å². The first-order chi connectivity index (χ1) is 23.5. The number of carbonyl (C=O) groups is 1. The molecule has 15 heteroatoms. The minimum atomic E-state index is -2.33. The third kappa shape index (κ3) is 6.30. The maximum absolute atomic E-state index is 12.3. The number of benzene rings is 3. The Bertz CT molecular complexity index is 1690. The molecule has 0 aromatic heterocycles. The molecule has 0 radical (unpaired) electrons. The molecule has 49 heavy (non-hydrogen) atoms. The highest BCUT2D eigenvalue weighted by molar-refractivity contribution is 5.79. The largest absolute Gasteiger partial charge is 0.508 e. The summed E-state index contributed by atoms with van der Waals surface area (Å²) in [5.74, 6) is -0.0928. The van der Waals surface area contributed by atoms with Crippen molar-refractivity contribution in [3.63, 3.8) is 0 Å². The van der Waals surface area contributed by atoms with Crippen molar-refractivity contribution < 1.29 is 63.9 Å². The molecule has 6 rings (SSSR count). The van der Waals surface area contributed by atoms with Gasteiger partial charge in [0.2, 0.25) is 17.6 Å². The number of aliphatic hydroxyl groups excluding tert-OH is 4. The molecule has 1 saturated heterocycles. The van der Waals surface area contributed by atoms with Gasteiger partial charge in [0, 0.05) is 30.3 Å². The summed E-state index contributed by atoms with van der Waals surface area (Å²) in [5, 5.41) is 67.6. The number of aromatic hydroxyl groups is 1. The average molecular weight is 685 g/mol. The monoisotopic (exact) mass is 684 g/mol. The van der Waals surface area contributed by atoms with E-state index < -0.39 is 54.9 Å². The van der Waals surface area contributed by atoms with Gasteiger partial charge >= 0.3 is 5.97 Å². The molecule has 0 spiro atoms. The number of methoxy groups -OCH3 is 1. The van der Waals surface area contributed by atoms with E-state index in [0.29, 0.717) is 46.2 Å². The number of carboxylic acid groups (broad SMARTS) is 1. The number of phenolic OH excluding ortho intramolecular Hbond substituents is 1. The summed E-state index contributed by atoms with van der Waals surface area (Å²) < 4.78 is 36.2. The lowest BCUT2D eigenvalue weighted by Gasteiger charge is -2.45. The van der Waals surface area contributed by atoms with Crippen molar-refractivity contribution in [3.05, 3.63) is 59.7 Å². The summed E-state index contributed by atoms with van der Waals surface area (Å²) in [4.78, 5) is 12.3. The Morgan fingerprint density at radius 1 is 1.12 bits per heavy atom. The number of carboxylic acids is 1. The van der Waals surface area contributed by atoms with Crippen LogP contribution in [0.4, 0.5) is 0 Å². The highest BCUT2D eigenvalue weighted by atomic mass is 16.7. The van der Waals surface area contributed by atoms with Crippen LogP contribution in [-0.2, 0) is 9.53 Å². The van der Waals surface area contributed by atoms with Crippen molar-refractivity contribution >= 4 is 5.97 Å². The molecule has 3 aliphatic rings. The molecule has 3 aliphatic heterocycles. The maximum Gasteiger partial charge on any atom is 0.340 e. The minimum absolute atomic E-state index is 0.00408. The smallest absolute Gasteiger partial charge is 0.340 e. The fourth-order valence-electron chi connectivity index (χ4n) is 6.52. The fraction of sp³-hybridized carbons (Fsp3) is 0.441. The zero-order valence-corrected chi connectivity index (χ0v) is 27.0. The first-order valence-electron chi connectivity index (χ1n) is 15.7. The highest BCUT2D eigenvalue weighted by Gasteiger charge is 2.59. The van der Waals surface area contributed by atoms with E-state index in [1.165, 1.54) is 26.3 Å². The predicted molar refractivity (Wildman–Crippen MR) is 171 cm³/mol. The molecule has 0 saturated carbocycles. The summed E-state index contributed by atoms with van der Waals surface area (Å²) in [6.45, 7) is 1.93. The zero-order valence-electron chi connectivity index (χ0n) is 27.0. The molecule has 15 nitrogen and oxygen atoms in total. The van der Waals surface area contributed by atoms with Crippen molar-refractivity contribution in [2.24, 2.45) is 0 Å². The van der Waals surface area contributed by atoms with Gasteiger partial charge in [-0.25, -0.2) is 4.79 Å². The van der Waals surface area contributed by atoms with E-state index in [4.69, 9.17) is 28.4 Å². The Kier molecular flexibility index (Phi) is 9.77. The zero-order chi connectivity index (χ0) is 35.0. The topological polar surface area (TPSA) is 218 Å². The molecule has 3 aromatic rings. The van der Waals surface area contributed by atoms with Crippen LogP contribution in [0.3, 0.4) is 0 Å². The number of nitrogens with one attached hydrogen (secondary N) is 2. The molecule has 0 bridgehead atoms. The first-order valence-corrected chi connectivity index (χ1v) is 15.7. The van der Waals surface area contributed by atoms with E-state index >= 15 is 0 Å². The highest BCUT2D eigenvalue weighted by Crippen LogP contribution is 2.58. The Labute approximate surface area is 281 Å². The molecule has 0 aliphatic carbocycles. The number of fused-ring (bicyclic) bond motifs is 5. The van der Waals surface area contributed by atoms with Gasteiger partial charge in [0.25, 0.3) is 0 Å². The maximum atomic E-state index is 12.3. The summed E-state index contributed by atoms with van der Waals surface area (Å²) in [6.07, 6.45) is -8.52. The lowest BCUT2D eigenvalue weighted by atomic mass is 9.85. The Morgan fingerprint density at radius 3 is 2.61 bits per heavy atom. The number of aliphatic carboxylic acids is 1. The Hall–Kier alpha value is -4.35. The summed E-state index contributed by atoms with van der Waals surface area (Å²) in [7, 11) is 2.96. The number of ether oxygens (including phenoxy) is 6. The van der Waals surface area contributed by atoms with E-state index in [2.05, 4.69) is 10.6 Å². The fourth-order valence-corrected chi connectivity index (χ4v) is 6.52. The number of rotatable bonds is 12. The summed E-state index contributed by atoms with van der Waals surface area (Å²) in [6, 6.07) is 13.3. The lowest BCUT2D eigenvalue weighted by Crippen LogP contribution is -2.71. The van der Waals surface area contributed by atoms with Crippen molar-refractivity contribution in [2.45, 2.75) is 55.3 Å². The molecular weight excluding hydrogens is 644 g/mol. The number of likely N-dealkylation sites (N-methyl/N-ethyl adjacent to an activating group) is 1. The van der Waals surface area contributed by atoms with E-state index in [1.807, 2.05) is 6.07 Å². The molecule has 1 fully saturated rings. The number of aliphatic hydroxyl groups is 4. The second-order valence-corrected chi connectivity index (χ2v) is 12.3. The predicted octanol–water partition coefficient (Wildman–Crippen LogP) is 0.845. The molecule has 8 unspecified atom stereocenters. The van der Waals surface area contributed by atoms with Gasteiger partial charge < -0.3 is 64.4 Å². The van der Waals surface area contributed by atoms with Crippen LogP contribution in [0.1, 0.15) is 30.1 Å². The van der Waals surface area contributed by atoms with E-state index in [9.17, 15) is 35.4 Å². The molecule has 8 atom stereocenters. The van der Waals surface area contributed by atoms with Gasteiger partial charge in [-0.05, 0) is 49.4 Å². The molecule has 8 N–H and O–H groups in total. The van der Waals surface area contributed by atoms with Gasteiger partial charge in [0.05, 0.1) is 25.7 Å². The third-order valence-corrected chi connectivity index (χ3v) is 8.88. The normalized spacial score (nSPS) is 27.5. The van der Waals surface area contributed by atoms with Crippen LogP contribution in [0.15, 0.2) is 48.5 Å². The van der Waals surface area contributed by atoms with Gasteiger partial charge in [-0.2, -0.15) is 0 Å². The quantitative estimate of drug-likeness (QED) is 0.0980. The Balaban J connectivity index is 1.37. The standard InChI is InChI=1S/C34H40N2O13/c1-16(37)12-36-15-46-23-8-7-20-22-13-45-24-11-19(47-32-27(40)26(39)31(41)34(49-32,14-35-2)33(42)43)10-21(17-5-4-6-18(38)9-17)25(24)28(22)48-29(20)30(23)44-3/h4-11,16,22,26-28,31-32,35-41H,12-15H2,1-3H3,(H,42,43). The molecule has 264 valence electrons. The first kappa shape index (κ1) is 34.5. The lowest BCUT2D eigenvalue weighted by molar-refractivity contribution is -0.305. The van der Waals surface area contributed by atoms with Crippen molar-refractivity contribution in [2.75, 3.05) is 40.6 Å². The van der Waals surface area contributed by atoms with Crippen molar-refractivity contribution in [1.29, 1.82) is 0 Å². The van der Waals surface area contributed by atoms with Crippen LogP contribution >= 0.6 is 0 Å². The molecule has 3 heterocycles. The van der Waals surface area contributed by atoms with E-state index in [-0.39, 0.29) is 30.8 Å².